The summed E-state index contributed by atoms with van der Waals surface area (Å²) in [6, 6.07) is 16.2. The fourth-order valence-electron chi connectivity index (χ4n) is 3.80. The van der Waals surface area contributed by atoms with Crippen LogP contribution in [-0.4, -0.2) is 51.4 Å². The zero-order valence-electron chi connectivity index (χ0n) is 14.8. The minimum atomic E-state index is -0.0171. The molecular formula is C20H21N5O2. The molecule has 2 fully saturated rings. The molecule has 0 bridgehead atoms. The standard InChI is InChI=1S/C20H21N5O2/c1-2-6-14(7-3-1)16-11-25(24-23-16)18-13-27-19-17(12-26-20(18)19)22-10-15-8-4-5-9-21-15/h1-9,11,17-20,22H,10,12-13H2. The smallest absolute Gasteiger partial charge is 0.113 e. The molecule has 5 rings (SSSR count). The fraction of sp³-hybridized carbons (Fsp3) is 0.350. The van der Waals surface area contributed by atoms with Crippen molar-refractivity contribution in [1.29, 1.82) is 0 Å². The Bertz CT molecular complexity index is 886. The molecule has 2 aromatic heterocycles. The molecule has 4 heterocycles. The first kappa shape index (κ1) is 16.6. The van der Waals surface area contributed by atoms with Crippen LogP contribution in [0.5, 0.6) is 0 Å². The van der Waals surface area contributed by atoms with E-state index in [1.165, 1.54) is 0 Å². The fourth-order valence-corrected chi connectivity index (χ4v) is 3.80. The molecule has 0 saturated carbocycles. The van der Waals surface area contributed by atoms with Crippen LogP contribution < -0.4 is 5.32 Å². The summed E-state index contributed by atoms with van der Waals surface area (Å²) < 4.78 is 14.0. The second-order valence-electron chi connectivity index (χ2n) is 6.92. The third kappa shape index (κ3) is 3.25. The molecule has 0 amide bonds. The van der Waals surface area contributed by atoms with Crippen LogP contribution in [-0.2, 0) is 16.0 Å². The molecule has 2 saturated heterocycles. The molecule has 2 aliphatic heterocycles. The summed E-state index contributed by atoms with van der Waals surface area (Å²) in [7, 11) is 0. The minimum Gasteiger partial charge on any atom is -0.371 e. The van der Waals surface area contributed by atoms with E-state index in [0.717, 1.165) is 17.0 Å². The van der Waals surface area contributed by atoms with Gasteiger partial charge in [-0.25, -0.2) is 4.68 Å². The molecule has 27 heavy (non-hydrogen) atoms. The number of hydrogen-bond acceptors (Lipinski definition) is 6. The molecule has 7 nitrogen and oxygen atoms in total. The van der Waals surface area contributed by atoms with Gasteiger partial charge in [0.25, 0.3) is 0 Å². The maximum absolute atomic E-state index is 6.06. The van der Waals surface area contributed by atoms with Crippen molar-refractivity contribution in [3.63, 3.8) is 0 Å². The number of aromatic nitrogens is 4. The van der Waals surface area contributed by atoms with E-state index < -0.39 is 0 Å². The molecule has 0 aliphatic carbocycles. The van der Waals surface area contributed by atoms with E-state index in [2.05, 4.69) is 20.6 Å². The Hall–Kier alpha value is -2.61. The van der Waals surface area contributed by atoms with Gasteiger partial charge in [0.1, 0.15) is 23.9 Å². The highest BCUT2D eigenvalue weighted by Crippen LogP contribution is 2.34. The van der Waals surface area contributed by atoms with Crippen molar-refractivity contribution in [2.45, 2.75) is 30.8 Å². The molecule has 2 aliphatic rings. The van der Waals surface area contributed by atoms with E-state index >= 15 is 0 Å². The maximum atomic E-state index is 6.06. The summed E-state index contributed by atoms with van der Waals surface area (Å²) in [6.07, 6.45) is 3.78. The van der Waals surface area contributed by atoms with Crippen molar-refractivity contribution in [1.82, 2.24) is 25.3 Å². The van der Waals surface area contributed by atoms with Crippen LogP contribution in [0.1, 0.15) is 11.7 Å². The Morgan fingerprint density at radius 2 is 1.85 bits per heavy atom. The molecule has 7 heteroatoms. The van der Waals surface area contributed by atoms with E-state index in [4.69, 9.17) is 9.47 Å². The molecule has 4 unspecified atom stereocenters. The number of fused-ring (bicyclic) bond motifs is 1. The van der Waals surface area contributed by atoms with Crippen LogP contribution in [0.25, 0.3) is 11.3 Å². The number of rotatable bonds is 5. The number of nitrogens with zero attached hydrogens (tertiary/aromatic N) is 4. The third-order valence-electron chi connectivity index (χ3n) is 5.22. The monoisotopic (exact) mass is 363 g/mol. The Morgan fingerprint density at radius 1 is 1.00 bits per heavy atom. The topological polar surface area (TPSA) is 74.1 Å². The highest BCUT2D eigenvalue weighted by molar-refractivity contribution is 5.57. The van der Waals surface area contributed by atoms with Gasteiger partial charge < -0.3 is 14.8 Å². The van der Waals surface area contributed by atoms with Crippen LogP contribution in [0.15, 0.2) is 60.9 Å². The average molecular weight is 363 g/mol. The van der Waals surface area contributed by atoms with Crippen LogP contribution in [0.2, 0.25) is 0 Å². The molecule has 1 N–H and O–H groups in total. The Morgan fingerprint density at radius 3 is 2.70 bits per heavy atom. The average Bonchev–Trinajstić information content (AvgIpc) is 3.44. The lowest BCUT2D eigenvalue weighted by Gasteiger charge is -2.17. The number of nitrogens with one attached hydrogen (secondary N) is 1. The van der Waals surface area contributed by atoms with Crippen LogP contribution in [0.3, 0.4) is 0 Å². The molecule has 138 valence electrons. The third-order valence-corrected chi connectivity index (χ3v) is 5.22. The first-order valence-electron chi connectivity index (χ1n) is 9.22. The summed E-state index contributed by atoms with van der Waals surface area (Å²) in [6.45, 7) is 1.90. The quantitative estimate of drug-likeness (QED) is 0.746. The van der Waals surface area contributed by atoms with Gasteiger partial charge in [-0.1, -0.05) is 41.6 Å². The maximum Gasteiger partial charge on any atom is 0.113 e. The Labute approximate surface area is 157 Å². The SMILES string of the molecule is c1ccc(-c2cn(C3COC4C(NCc5ccccn5)COC43)nn2)cc1. The molecule has 4 atom stereocenters. The Balaban J connectivity index is 1.26. The second kappa shape index (κ2) is 7.19. The summed E-state index contributed by atoms with van der Waals surface area (Å²) in [5.41, 5.74) is 2.93. The first-order chi connectivity index (χ1) is 13.4. The number of benzene rings is 1. The highest BCUT2D eigenvalue weighted by atomic mass is 16.6. The van der Waals surface area contributed by atoms with Gasteiger partial charge in [-0.3, -0.25) is 4.98 Å². The van der Waals surface area contributed by atoms with Gasteiger partial charge in [0, 0.05) is 18.3 Å². The zero-order valence-corrected chi connectivity index (χ0v) is 14.8. The van der Waals surface area contributed by atoms with Crippen molar-refractivity contribution >= 4 is 0 Å². The summed E-state index contributed by atoms with van der Waals surface area (Å²) in [5.74, 6) is 0. The van der Waals surface area contributed by atoms with Gasteiger partial charge in [-0.15, -0.1) is 5.10 Å². The zero-order chi connectivity index (χ0) is 18.1. The van der Waals surface area contributed by atoms with Gasteiger partial charge in [0.2, 0.25) is 0 Å². The summed E-state index contributed by atoms with van der Waals surface area (Å²) >= 11 is 0. The second-order valence-corrected chi connectivity index (χ2v) is 6.92. The van der Waals surface area contributed by atoms with Gasteiger partial charge in [0.15, 0.2) is 0 Å². The Kier molecular flexibility index (Phi) is 4.41. The van der Waals surface area contributed by atoms with E-state index in [0.29, 0.717) is 19.8 Å². The summed E-state index contributed by atoms with van der Waals surface area (Å²) in [5, 5.41) is 12.2. The van der Waals surface area contributed by atoms with Crippen LogP contribution in [0.4, 0.5) is 0 Å². The number of hydrogen-bond donors (Lipinski definition) is 1. The predicted molar refractivity (Wildman–Crippen MR) is 98.8 cm³/mol. The van der Waals surface area contributed by atoms with Crippen molar-refractivity contribution in [2.75, 3.05) is 13.2 Å². The molecule has 1 aromatic carbocycles. The molecule has 3 aromatic rings. The van der Waals surface area contributed by atoms with Gasteiger partial charge >= 0.3 is 0 Å². The lowest BCUT2D eigenvalue weighted by Crippen LogP contribution is -2.40. The number of pyridine rings is 1. The normalized spacial score (nSPS) is 27.0. The molecule has 0 spiro atoms. The van der Waals surface area contributed by atoms with E-state index in [9.17, 15) is 0 Å². The van der Waals surface area contributed by atoms with Gasteiger partial charge in [0.05, 0.1) is 31.1 Å². The minimum absolute atomic E-state index is 0.0167. The molecule has 0 radical (unpaired) electrons. The van der Waals surface area contributed by atoms with Crippen molar-refractivity contribution in [3.05, 3.63) is 66.6 Å². The lowest BCUT2D eigenvalue weighted by molar-refractivity contribution is 0.0619. The van der Waals surface area contributed by atoms with Crippen LogP contribution in [0, 0.1) is 0 Å². The lowest BCUT2D eigenvalue weighted by atomic mass is 10.1. The first-order valence-corrected chi connectivity index (χ1v) is 9.22. The van der Waals surface area contributed by atoms with E-state index in [-0.39, 0.29) is 24.3 Å². The highest BCUT2D eigenvalue weighted by Gasteiger charge is 2.48. The van der Waals surface area contributed by atoms with E-state index in [1.807, 2.05) is 65.6 Å². The number of ether oxygens (including phenoxy) is 2. The van der Waals surface area contributed by atoms with Crippen molar-refractivity contribution in [3.8, 4) is 11.3 Å². The van der Waals surface area contributed by atoms with E-state index in [1.54, 1.807) is 0 Å². The largest absolute Gasteiger partial charge is 0.371 e. The molecular weight excluding hydrogens is 342 g/mol. The predicted octanol–water partition coefficient (Wildman–Crippen LogP) is 1.84. The van der Waals surface area contributed by atoms with Gasteiger partial charge in [-0.2, -0.15) is 0 Å². The van der Waals surface area contributed by atoms with Crippen molar-refractivity contribution in [2.24, 2.45) is 0 Å². The van der Waals surface area contributed by atoms with Crippen molar-refractivity contribution < 1.29 is 9.47 Å². The van der Waals surface area contributed by atoms with Gasteiger partial charge in [-0.05, 0) is 12.1 Å². The summed E-state index contributed by atoms with van der Waals surface area (Å²) in [4.78, 5) is 4.35. The van der Waals surface area contributed by atoms with Crippen LogP contribution >= 0.6 is 0 Å².